The SMILES string of the molecule is Cc1nc(C(=O)O)oc1C1CCC1. The van der Waals surface area contributed by atoms with Gasteiger partial charge in [0.2, 0.25) is 0 Å². The van der Waals surface area contributed by atoms with Crippen LogP contribution in [0.15, 0.2) is 4.42 Å². The van der Waals surface area contributed by atoms with Gasteiger partial charge in [-0.05, 0) is 19.8 Å². The molecule has 0 aromatic carbocycles. The minimum absolute atomic E-state index is 0.181. The maximum Gasteiger partial charge on any atom is 0.392 e. The van der Waals surface area contributed by atoms with Gasteiger partial charge in [0.15, 0.2) is 0 Å². The van der Waals surface area contributed by atoms with E-state index >= 15 is 0 Å². The molecule has 4 heteroatoms. The molecule has 0 unspecified atom stereocenters. The molecule has 1 saturated carbocycles. The first-order valence-electron chi connectivity index (χ1n) is 4.39. The fourth-order valence-electron chi connectivity index (χ4n) is 1.55. The van der Waals surface area contributed by atoms with Gasteiger partial charge in [0.1, 0.15) is 5.76 Å². The van der Waals surface area contributed by atoms with Gasteiger partial charge in [-0.1, -0.05) is 6.42 Å². The maximum absolute atomic E-state index is 10.5. The van der Waals surface area contributed by atoms with Gasteiger partial charge in [-0.25, -0.2) is 9.78 Å². The number of carboxylic acid groups (broad SMARTS) is 1. The molecule has 0 atom stereocenters. The van der Waals surface area contributed by atoms with Gasteiger partial charge in [0.05, 0.1) is 5.69 Å². The number of carboxylic acids is 1. The van der Waals surface area contributed by atoms with Crippen molar-refractivity contribution in [3.05, 3.63) is 17.3 Å². The molecule has 4 nitrogen and oxygen atoms in total. The van der Waals surface area contributed by atoms with Crippen LogP contribution in [-0.4, -0.2) is 16.1 Å². The van der Waals surface area contributed by atoms with E-state index in [1.807, 2.05) is 0 Å². The van der Waals surface area contributed by atoms with E-state index in [4.69, 9.17) is 9.52 Å². The molecule has 70 valence electrons. The van der Waals surface area contributed by atoms with E-state index in [1.54, 1.807) is 6.92 Å². The molecule has 0 aliphatic heterocycles. The normalized spacial score (nSPS) is 17.0. The van der Waals surface area contributed by atoms with E-state index in [0.29, 0.717) is 5.92 Å². The van der Waals surface area contributed by atoms with Crippen molar-refractivity contribution >= 4 is 5.97 Å². The van der Waals surface area contributed by atoms with Crippen molar-refractivity contribution in [2.75, 3.05) is 0 Å². The number of aromatic nitrogens is 1. The molecule has 0 amide bonds. The highest BCUT2D eigenvalue weighted by Gasteiger charge is 2.27. The van der Waals surface area contributed by atoms with Crippen molar-refractivity contribution in [3.63, 3.8) is 0 Å². The summed E-state index contributed by atoms with van der Waals surface area (Å²) in [7, 11) is 0. The molecule has 1 heterocycles. The van der Waals surface area contributed by atoms with Gasteiger partial charge in [-0.2, -0.15) is 0 Å². The molecule has 2 rings (SSSR count). The highest BCUT2D eigenvalue weighted by atomic mass is 16.4. The van der Waals surface area contributed by atoms with Crippen LogP contribution in [0.3, 0.4) is 0 Å². The number of hydrogen-bond acceptors (Lipinski definition) is 3. The van der Waals surface area contributed by atoms with Crippen LogP contribution in [0.1, 0.15) is 47.3 Å². The largest absolute Gasteiger partial charge is 0.474 e. The second-order valence-electron chi connectivity index (χ2n) is 3.40. The number of aromatic carboxylic acids is 1. The zero-order valence-corrected chi connectivity index (χ0v) is 7.41. The van der Waals surface area contributed by atoms with E-state index in [-0.39, 0.29) is 5.89 Å². The van der Waals surface area contributed by atoms with Gasteiger partial charge in [-0.15, -0.1) is 0 Å². The van der Waals surface area contributed by atoms with Crippen LogP contribution in [0, 0.1) is 6.92 Å². The molecule has 1 aromatic rings. The lowest BCUT2D eigenvalue weighted by atomic mass is 9.83. The third kappa shape index (κ3) is 1.32. The summed E-state index contributed by atoms with van der Waals surface area (Å²) < 4.78 is 5.17. The molecule has 0 radical (unpaired) electrons. The smallest absolute Gasteiger partial charge is 0.392 e. The standard InChI is InChI=1S/C9H11NO3/c1-5-7(6-3-2-4-6)13-8(10-5)9(11)12/h6H,2-4H2,1H3,(H,11,12). The average molecular weight is 181 g/mol. The monoisotopic (exact) mass is 181 g/mol. The summed E-state index contributed by atoms with van der Waals surface area (Å²) in [6, 6.07) is 0. The van der Waals surface area contributed by atoms with Gasteiger partial charge in [0, 0.05) is 5.92 Å². The van der Waals surface area contributed by atoms with Crippen molar-refractivity contribution in [1.29, 1.82) is 0 Å². The Morgan fingerprint density at radius 1 is 1.62 bits per heavy atom. The van der Waals surface area contributed by atoms with Crippen LogP contribution in [0.4, 0.5) is 0 Å². The highest BCUT2D eigenvalue weighted by molar-refractivity contribution is 5.82. The van der Waals surface area contributed by atoms with Crippen LogP contribution in [0.25, 0.3) is 0 Å². The van der Waals surface area contributed by atoms with Gasteiger partial charge in [-0.3, -0.25) is 0 Å². The molecule has 1 fully saturated rings. The Bertz CT molecular complexity index is 339. The zero-order chi connectivity index (χ0) is 9.42. The van der Waals surface area contributed by atoms with Crippen LogP contribution >= 0.6 is 0 Å². The predicted octanol–water partition coefficient (Wildman–Crippen LogP) is 1.95. The van der Waals surface area contributed by atoms with Crippen LogP contribution in [-0.2, 0) is 0 Å². The van der Waals surface area contributed by atoms with Crippen LogP contribution < -0.4 is 0 Å². The van der Waals surface area contributed by atoms with E-state index in [1.165, 1.54) is 6.42 Å². The molecule has 0 saturated heterocycles. The fraction of sp³-hybridized carbons (Fsp3) is 0.556. The summed E-state index contributed by atoms with van der Waals surface area (Å²) in [4.78, 5) is 14.4. The minimum Gasteiger partial charge on any atom is -0.474 e. The molecule has 0 spiro atoms. The number of nitrogens with zero attached hydrogens (tertiary/aromatic N) is 1. The lowest BCUT2D eigenvalue weighted by molar-refractivity contribution is 0.0650. The second kappa shape index (κ2) is 2.87. The maximum atomic E-state index is 10.5. The molecule has 1 aliphatic carbocycles. The van der Waals surface area contributed by atoms with E-state index in [9.17, 15) is 4.79 Å². The number of carbonyl (C=O) groups is 1. The quantitative estimate of drug-likeness (QED) is 0.757. The molecular formula is C9H11NO3. The number of oxazole rings is 1. The van der Waals surface area contributed by atoms with Crippen molar-refractivity contribution in [2.24, 2.45) is 0 Å². The average Bonchev–Trinajstić information content (AvgIpc) is 2.29. The molecule has 13 heavy (non-hydrogen) atoms. The summed E-state index contributed by atoms with van der Waals surface area (Å²) in [6.45, 7) is 1.80. The predicted molar refractivity (Wildman–Crippen MR) is 44.8 cm³/mol. The van der Waals surface area contributed by atoms with Crippen molar-refractivity contribution in [3.8, 4) is 0 Å². The lowest BCUT2D eigenvalue weighted by Gasteiger charge is -2.22. The third-order valence-corrected chi connectivity index (χ3v) is 2.49. The molecule has 0 bridgehead atoms. The first-order chi connectivity index (χ1) is 6.18. The zero-order valence-electron chi connectivity index (χ0n) is 7.41. The van der Waals surface area contributed by atoms with Gasteiger partial charge in [0.25, 0.3) is 0 Å². The number of hydrogen-bond donors (Lipinski definition) is 1. The number of aryl methyl sites for hydroxylation is 1. The fourth-order valence-corrected chi connectivity index (χ4v) is 1.55. The summed E-state index contributed by atoms with van der Waals surface area (Å²) in [5.74, 6) is -0.0997. The summed E-state index contributed by atoms with van der Waals surface area (Å²) in [5, 5.41) is 8.64. The Hall–Kier alpha value is -1.32. The minimum atomic E-state index is -1.09. The topological polar surface area (TPSA) is 63.3 Å². The van der Waals surface area contributed by atoms with E-state index in [0.717, 1.165) is 24.3 Å². The second-order valence-corrected chi connectivity index (χ2v) is 3.40. The Morgan fingerprint density at radius 2 is 2.31 bits per heavy atom. The van der Waals surface area contributed by atoms with Gasteiger partial charge < -0.3 is 9.52 Å². The summed E-state index contributed by atoms with van der Waals surface area (Å²) in [5.41, 5.74) is 0.724. The molecule has 1 aromatic heterocycles. The Kier molecular flexibility index (Phi) is 1.83. The van der Waals surface area contributed by atoms with Gasteiger partial charge >= 0.3 is 11.9 Å². The highest BCUT2D eigenvalue weighted by Crippen LogP contribution is 2.38. The molecular weight excluding hydrogens is 170 g/mol. The Balaban J connectivity index is 2.29. The molecule has 1 aliphatic rings. The summed E-state index contributed by atoms with van der Waals surface area (Å²) in [6.07, 6.45) is 3.39. The van der Waals surface area contributed by atoms with Crippen LogP contribution in [0.5, 0.6) is 0 Å². The van der Waals surface area contributed by atoms with Crippen molar-refractivity contribution < 1.29 is 14.3 Å². The van der Waals surface area contributed by atoms with Crippen molar-refractivity contribution in [2.45, 2.75) is 32.1 Å². The first-order valence-corrected chi connectivity index (χ1v) is 4.39. The Morgan fingerprint density at radius 3 is 2.69 bits per heavy atom. The first kappa shape index (κ1) is 8.29. The van der Waals surface area contributed by atoms with E-state index < -0.39 is 5.97 Å². The third-order valence-electron chi connectivity index (χ3n) is 2.49. The van der Waals surface area contributed by atoms with Crippen LogP contribution in [0.2, 0.25) is 0 Å². The Labute approximate surface area is 75.6 Å². The summed E-state index contributed by atoms with van der Waals surface area (Å²) >= 11 is 0. The van der Waals surface area contributed by atoms with E-state index in [2.05, 4.69) is 4.98 Å². The lowest BCUT2D eigenvalue weighted by Crippen LogP contribution is -2.08. The number of rotatable bonds is 2. The molecule has 1 N–H and O–H groups in total. The van der Waals surface area contributed by atoms with Crippen molar-refractivity contribution in [1.82, 2.24) is 4.98 Å².